The van der Waals surface area contributed by atoms with Crippen LogP contribution >= 0.6 is 0 Å². The first-order valence-electron chi connectivity index (χ1n) is 31.1. The van der Waals surface area contributed by atoms with Crippen LogP contribution in [0.25, 0.3) is 0 Å². The number of allylic oxidation sites excluding steroid dienone is 8. The highest BCUT2D eigenvalue weighted by atomic mass is 16.6. The van der Waals surface area contributed by atoms with Crippen molar-refractivity contribution in [3.8, 4) is 0 Å². The van der Waals surface area contributed by atoms with Gasteiger partial charge in [0.2, 0.25) is 0 Å². The molecule has 0 rings (SSSR count). The van der Waals surface area contributed by atoms with Gasteiger partial charge in [0.05, 0.1) is 0 Å². The van der Waals surface area contributed by atoms with Gasteiger partial charge in [-0.3, -0.25) is 14.4 Å². The van der Waals surface area contributed by atoms with Gasteiger partial charge in [-0.1, -0.05) is 281 Å². The van der Waals surface area contributed by atoms with Crippen LogP contribution in [0.2, 0.25) is 0 Å². The molecule has 0 amide bonds. The molecule has 0 saturated carbocycles. The third-order valence-electron chi connectivity index (χ3n) is 13.8. The Morgan fingerprint density at radius 2 is 0.521 bits per heavy atom. The van der Waals surface area contributed by atoms with E-state index >= 15 is 0 Å². The number of carbonyl (C=O) groups excluding carboxylic acids is 3. The second-order valence-electron chi connectivity index (χ2n) is 21.0. The summed E-state index contributed by atoms with van der Waals surface area (Å²) in [6, 6.07) is 0. The van der Waals surface area contributed by atoms with Crippen molar-refractivity contribution < 1.29 is 28.6 Å². The van der Waals surface area contributed by atoms with Gasteiger partial charge in [0, 0.05) is 19.3 Å². The molecule has 0 spiro atoms. The van der Waals surface area contributed by atoms with E-state index in [2.05, 4.69) is 69.4 Å². The van der Waals surface area contributed by atoms with Gasteiger partial charge in [-0.15, -0.1) is 0 Å². The van der Waals surface area contributed by atoms with Crippen molar-refractivity contribution in [3.63, 3.8) is 0 Å². The molecule has 0 heterocycles. The Kier molecular flexibility index (Phi) is 57.7. The van der Waals surface area contributed by atoms with E-state index in [1.165, 1.54) is 205 Å². The van der Waals surface area contributed by atoms with E-state index in [1.807, 2.05) is 0 Å². The summed E-state index contributed by atoms with van der Waals surface area (Å²) in [5.74, 6) is -0.876. The summed E-state index contributed by atoms with van der Waals surface area (Å²) in [6.45, 7) is 6.61. The van der Waals surface area contributed by atoms with Gasteiger partial charge < -0.3 is 14.2 Å². The van der Waals surface area contributed by atoms with Crippen LogP contribution in [-0.4, -0.2) is 37.2 Å². The molecule has 0 fully saturated rings. The topological polar surface area (TPSA) is 78.9 Å². The van der Waals surface area contributed by atoms with Crippen LogP contribution in [0.3, 0.4) is 0 Å². The van der Waals surface area contributed by atoms with Gasteiger partial charge >= 0.3 is 17.9 Å². The minimum atomic E-state index is -0.780. The Hall–Kier alpha value is -2.63. The predicted molar refractivity (Wildman–Crippen MR) is 307 cm³/mol. The molecule has 0 aromatic rings. The van der Waals surface area contributed by atoms with E-state index in [4.69, 9.17) is 14.2 Å². The first-order chi connectivity index (χ1) is 35.0. The summed E-state index contributed by atoms with van der Waals surface area (Å²) < 4.78 is 16.9. The Morgan fingerprint density at radius 3 is 0.845 bits per heavy atom. The van der Waals surface area contributed by atoms with Crippen molar-refractivity contribution in [1.82, 2.24) is 0 Å². The number of esters is 3. The highest BCUT2D eigenvalue weighted by Crippen LogP contribution is 2.17. The number of hydrogen-bond acceptors (Lipinski definition) is 6. The molecule has 71 heavy (non-hydrogen) atoms. The van der Waals surface area contributed by atoms with E-state index in [1.54, 1.807) is 0 Å². The first-order valence-corrected chi connectivity index (χ1v) is 31.1. The summed E-state index contributed by atoms with van der Waals surface area (Å²) in [5, 5.41) is 0. The monoisotopic (exact) mass is 995 g/mol. The van der Waals surface area contributed by atoms with Crippen LogP contribution in [0.5, 0.6) is 0 Å². The van der Waals surface area contributed by atoms with Crippen molar-refractivity contribution >= 4 is 17.9 Å². The van der Waals surface area contributed by atoms with Gasteiger partial charge in [-0.05, 0) is 77.0 Å². The molecular weight excluding hydrogens is 877 g/mol. The van der Waals surface area contributed by atoms with Gasteiger partial charge in [0.25, 0.3) is 0 Å². The quantitative estimate of drug-likeness (QED) is 0.0261. The maximum Gasteiger partial charge on any atom is 0.306 e. The van der Waals surface area contributed by atoms with Crippen LogP contribution in [0, 0.1) is 0 Å². The molecular formula is C65H118O6. The Balaban J connectivity index is 4.33. The van der Waals surface area contributed by atoms with Crippen molar-refractivity contribution in [3.05, 3.63) is 48.6 Å². The minimum Gasteiger partial charge on any atom is -0.462 e. The minimum absolute atomic E-state index is 0.0759. The van der Waals surface area contributed by atoms with Crippen molar-refractivity contribution in [2.24, 2.45) is 0 Å². The third kappa shape index (κ3) is 58.1. The molecule has 0 saturated heterocycles. The van der Waals surface area contributed by atoms with E-state index in [0.717, 1.165) is 83.5 Å². The van der Waals surface area contributed by atoms with Crippen LogP contribution < -0.4 is 0 Å². The maximum atomic E-state index is 12.9. The number of rotatable bonds is 57. The maximum absolute atomic E-state index is 12.9. The Morgan fingerprint density at radius 1 is 0.282 bits per heavy atom. The summed E-state index contributed by atoms with van der Waals surface area (Å²) in [4.78, 5) is 38.3. The van der Waals surface area contributed by atoms with Crippen LogP contribution in [0.15, 0.2) is 48.6 Å². The summed E-state index contributed by atoms with van der Waals surface area (Å²) in [7, 11) is 0. The third-order valence-corrected chi connectivity index (χ3v) is 13.8. The first kappa shape index (κ1) is 68.4. The molecule has 0 aliphatic rings. The van der Waals surface area contributed by atoms with Crippen molar-refractivity contribution in [2.45, 2.75) is 335 Å². The fraction of sp³-hybridized carbons (Fsp3) is 0.831. The summed E-state index contributed by atoms with van der Waals surface area (Å²) in [6.07, 6.45) is 73.9. The van der Waals surface area contributed by atoms with Crippen molar-refractivity contribution in [1.29, 1.82) is 0 Å². The molecule has 0 N–H and O–H groups in total. The van der Waals surface area contributed by atoms with E-state index in [9.17, 15) is 14.4 Å². The zero-order valence-corrected chi connectivity index (χ0v) is 47.5. The molecule has 0 bridgehead atoms. The van der Waals surface area contributed by atoms with E-state index in [0.29, 0.717) is 19.3 Å². The molecule has 1 unspecified atom stereocenters. The molecule has 0 aromatic heterocycles. The standard InChI is InChI=1S/C65H118O6/c1-4-7-10-13-16-19-22-25-28-30-32-34-35-37-40-43-46-49-52-55-58-64(67)70-61-62(60-69-63(66)57-54-51-48-45-42-39-27-24-21-18-15-12-9-6-3)71-65(68)59-56-53-50-47-44-41-38-36-33-31-29-26-23-20-17-14-11-8-5-2/h15,17-18,20,24,26-27,29,62H,4-14,16,19,21-23,25,28,30-61H2,1-3H3/b18-15-,20-17-,27-24-,29-26-. The lowest BCUT2D eigenvalue weighted by Crippen LogP contribution is -2.30. The molecule has 1 atom stereocenters. The van der Waals surface area contributed by atoms with Gasteiger partial charge in [0.1, 0.15) is 13.2 Å². The number of hydrogen-bond donors (Lipinski definition) is 0. The molecule has 0 aliphatic carbocycles. The highest BCUT2D eigenvalue weighted by Gasteiger charge is 2.19. The Labute approximate surface area is 441 Å². The van der Waals surface area contributed by atoms with E-state index in [-0.39, 0.29) is 31.1 Å². The summed E-state index contributed by atoms with van der Waals surface area (Å²) in [5.41, 5.74) is 0. The SMILES string of the molecule is CCCC/C=C\C/C=C\CCCCCCCC(=O)OCC(COC(=O)CCCCCCCCCCCCCCCCCCCCCC)OC(=O)CCCCCCCCCCC/C=C\C/C=C\CCCCC. The molecule has 6 heteroatoms. The van der Waals surface area contributed by atoms with Crippen molar-refractivity contribution in [2.75, 3.05) is 13.2 Å². The molecule has 414 valence electrons. The normalized spacial score (nSPS) is 12.3. The van der Waals surface area contributed by atoms with Gasteiger partial charge in [0.15, 0.2) is 6.10 Å². The van der Waals surface area contributed by atoms with Crippen LogP contribution in [-0.2, 0) is 28.6 Å². The highest BCUT2D eigenvalue weighted by molar-refractivity contribution is 5.71. The second-order valence-corrected chi connectivity index (χ2v) is 21.0. The molecule has 0 aromatic carbocycles. The van der Waals surface area contributed by atoms with Gasteiger partial charge in [-0.2, -0.15) is 0 Å². The zero-order valence-electron chi connectivity index (χ0n) is 47.5. The lowest BCUT2D eigenvalue weighted by molar-refractivity contribution is -0.167. The fourth-order valence-electron chi connectivity index (χ4n) is 9.08. The predicted octanol–water partition coefficient (Wildman–Crippen LogP) is 21.0. The molecule has 0 radical (unpaired) electrons. The number of ether oxygens (including phenoxy) is 3. The number of unbranched alkanes of at least 4 members (excludes halogenated alkanes) is 38. The second kappa shape index (κ2) is 59.9. The smallest absolute Gasteiger partial charge is 0.306 e. The van der Waals surface area contributed by atoms with Gasteiger partial charge in [-0.25, -0.2) is 0 Å². The summed E-state index contributed by atoms with van der Waals surface area (Å²) >= 11 is 0. The van der Waals surface area contributed by atoms with Crippen LogP contribution in [0.4, 0.5) is 0 Å². The average Bonchev–Trinajstić information content (AvgIpc) is 3.37. The Bertz CT molecular complexity index is 1230. The van der Waals surface area contributed by atoms with E-state index < -0.39 is 6.10 Å². The fourth-order valence-corrected chi connectivity index (χ4v) is 9.08. The zero-order chi connectivity index (χ0) is 51.4. The lowest BCUT2D eigenvalue weighted by atomic mass is 10.0. The van der Waals surface area contributed by atoms with Crippen LogP contribution in [0.1, 0.15) is 329 Å². The molecule has 6 nitrogen and oxygen atoms in total. The average molecular weight is 996 g/mol. The number of carbonyl (C=O) groups is 3. The molecule has 0 aliphatic heterocycles. The lowest BCUT2D eigenvalue weighted by Gasteiger charge is -2.18. The largest absolute Gasteiger partial charge is 0.462 e.